The van der Waals surface area contributed by atoms with E-state index in [0.29, 0.717) is 18.7 Å². The predicted octanol–water partition coefficient (Wildman–Crippen LogP) is 3.16. The molecule has 7 heteroatoms. The minimum absolute atomic E-state index is 0.0166. The number of hydrogen-bond donors (Lipinski definition) is 1. The van der Waals surface area contributed by atoms with E-state index in [9.17, 15) is 14.0 Å². The third kappa shape index (κ3) is 5.06. The van der Waals surface area contributed by atoms with Crippen molar-refractivity contribution in [1.29, 1.82) is 0 Å². The van der Waals surface area contributed by atoms with Gasteiger partial charge >= 0.3 is 6.09 Å². The molecule has 2 amide bonds. The van der Waals surface area contributed by atoms with Gasteiger partial charge in [0.1, 0.15) is 6.61 Å². The number of likely N-dealkylation sites (tertiary alicyclic amines) is 1. The van der Waals surface area contributed by atoms with Gasteiger partial charge in [0, 0.05) is 31.4 Å². The molecule has 2 aromatic rings. The molecule has 1 atom stereocenters. The highest BCUT2D eigenvalue weighted by Gasteiger charge is 2.25. The van der Waals surface area contributed by atoms with Crippen molar-refractivity contribution in [1.82, 2.24) is 15.2 Å². The quantitative estimate of drug-likeness (QED) is 0.776. The van der Waals surface area contributed by atoms with Crippen molar-refractivity contribution in [3.8, 4) is 0 Å². The molecule has 1 saturated heterocycles. The van der Waals surface area contributed by atoms with Crippen LogP contribution in [0.25, 0.3) is 0 Å². The Balaban J connectivity index is 1.66. The highest BCUT2D eigenvalue weighted by Crippen LogP contribution is 2.18. The second-order valence-corrected chi connectivity index (χ2v) is 6.91. The van der Waals surface area contributed by atoms with Gasteiger partial charge in [-0.25, -0.2) is 9.78 Å². The Kier molecular flexibility index (Phi) is 6.57. The van der Waals surface area contributed by atoms with Gasteiger partial charge < -0.3 is 15.0 Å². The molecule has 1 fully saturated rings. The lowest BCUT2D eigenvalue weighted by molar-refractivity contribution is -0.123. The molecule has 1 aliphatic heterocycles. The van der Waals surface area contributed by atoms with Crippen molar-refractivity contribution in [2.24, 2.45) is 0 Å². The third-order valence-electron chi connectivity index (χ3n) is 4.76. The molecule has 1 aliphatic rings. The first-order chi connectivity index (χ1) is 13.5. The van der Waals surface area contributed by atoms with E-state index in [4.69, 9.17) is 4.74 Å². The fourth-order valence-electron chi connectivity index (χ4n) is 3.20. The number of rotatable bonds is 6. The van der Waals surface area contributed by atoms with Gasteiger partial charge in [-0.05, 0) is 37.0 Å². The van der Waals surface area contributed by atoms with Crippen molar-refractivity contribution in [2.75, 3.05) is 19.7 Å². The van der Waals surface area contributed by atoms with E-state index in [1.54, 1.807) is 11.0 Å². The number of halogens is 1. The van der Waals surface area contributed by atoms with Crippen LogP contribution in [0.3, 0.4) is 0 Å². The molecular formula is C21H24FN3O3. The lowest BCUT2D eigenvalue weighted by Gasteiger charge is -2.20. The Morgan fingerprint density at radius 1 is 1.25 bits per heavy atom. The van der Waals surface area contributed by atoms with E-state index in [0.717, 1.165) is 24.0 Å². The molecule has 0 saturated carbocycles. The molecule has 0 bridgehead atoms. The number of nitrogens with zero attached hydrogens (tertiary/aromatic N) is 2. The average Bonchev–Trinajstić information content (AvgIpc) is 3.24. The molecule has 1 N–H and O–H groups in total. The van der Waals surface area contributed by atoms with E-state index in [1.807, 2.05) is 37.3 Å². The highest BCUT2D eigenvalue weighted by molar-refractivity contribution is 5.84. The average molecular weight is 385 g/mol. The third-order valence-corrected chi connectivity index (χ3v) is 4.76. The summed E-state index contributed by atoms with van der Waals surface area (Å²) in [7, 11) is 0. The summed E-state index contributed by atoms with van der Waals surface area (Å²) in [6.07, 6.45) is 2.97. The second-order valence-electron chi connectivity index (χ2n) is 6.91. The maximum absolute atomic E-state index is 13.8. The minimum Gasteiger partial charge on any atom is -0.448 e. The van der Waals surface area contributed by atoms with Crippen LogP contribution in [0.2, 0.25) is 0 Å². The van der Waals surface area contributed by atoms with Crippen LogP contribution >= 0.6 is 0 Å². The van der Waals surface area contributed by atoms with Crippen LogP contribution in [0.4, 0.5) is 9.18 Å². The lowest BCUT2D eigenvalue weighted by atomic mass is 9.99. The molecule has 0 spiro atoms. The van der Waals surface area contributed by atoms with Gasteiger partial charge in [0.25, 0.3) is 0 Å². The molecule has 2 heterocycles. The number of amides is 2. The highest BCUT2D eigenvalue weighted by atomic mass is 19.1. The van der Waals surface area contributed by atoms with Crippen molar-refractivity contribution in [3.63, 3.8) is 0 Å². The van der Waals surface area contributed by atoms with E-state index in [-0.39, 0.29) is 19.1 Å². The van der Waals surface area contributed by atoms with Crippen LogP contribution in [0, 0.1) is 12.9 Å². The first-order valence-corrected chi connectivity index (χ1v) is 9.40. The number of nitrogens with one attached hydrogen (secondary N) is 1. The topological polar surface area (TPSA) is 71.5 Å². The lowest BCUT2D eigenvalue weighted by Crippen LogP contribution is -2.35. The summed E-state index contributed by atoms with van der Waals surface area (Å²) in [6.45, 7) is 3.12. The second kappa shape index (κ2) is 9.30. The molecule has 1 aromatic heterocycles. The molecular weight excluding hydrogens is 361 g/mol. The van der Waals surface area contributed by atoms with Gasteiger partial charge in [-0.3, -0.25) is 4.79 Å². The van der Waals surface area contributed by atoms with Gasteiger partial charge in [0.15, 0.2) is 0 Å². The molecule has 1 aromatic carbocycles. The van der Waals surface area contributed by atoms with Crippen molar-refractivity contribution in [2.45, 2.75) is 32.2 Å². The zero-order valence-corrected chi connectivity index (χ0v) is 15.9. The summed E-state index contributed by atoms with van der Waals surface area (Å²) >= 11 is 0. The first kappa shape index (κ1) is 19.8. The molecule has 28 heavy (non-hydrogen) atoms. The number of ether oxygens (including phenoxy) is 1. The number of pyridine rings is 1. The van der Waals surface area contributed by atoms with Crippen molar-refractivity contribution < 1.29 is 18.7 Å². The molecule has 0 radical (unpaired) electrons. The normalized spacial score (nSPS) is 14.6. The number of benzene rings is 1. The number of aromatic nitrogens is 1. The molecule has 148 valence electrons. The Morgan fingerprint density at radius 3 is 2.68 bits per heavy atom. The van der Waals surface area contributed by atoms with Gasteiger partial charge in [0.05, 0.1) is 5.92 Å². The number of aryl methyl sites for hydroxylation is 1. The zero-order chi connectivity index (χ0) is 19.9. The largest absolute Gasteiger partial charge is 0.448 e. The summed E-state index contributed by atoms with van der Waals surface area (Å²) in [6, 6.07) is 10.8. The van der Waals surface area contributed by atoms with E-state index < -0.39 is 18.0 Å². The smallest absolute Gasteiger partial charge is 0.409 e. The summed E-state index contributed by atoms with van der Waals surface area (Å²) in [4.78, 5) is 30.3. The van der Waals surface area contributed by atoms with E-state index in [2.05, 4.69) is 10.3 Å². The Hall–Kier alpha value is -2.96. The van der Waals surface area contributed by atoms with Gasteiger partial charge in [-0.15, -0.1) is 0 Å². The fraction of sp³-hybridized carbons (Fsp3) is 0.381. The monoisotopic (exact) mass is 385 g/mol. The van der Waals surface area contributed by atoms with E-state index in [1.165, 1.54) is 6.20 Å². The number of carbonyl (C=O) groups excluding carboxylic acids is 2. The van der Waals surface area contributed by atoms with Gasteiger partial charge in [-0.2, -0.15) is 4.39 Å². The van der Waals surface area contributed by atoms with Crippen molar-refractivity contribution in [3.05, 3.63) is 65.2 Å². The predicted molar refractivity (Wildman–Crippen MR) is 102 cm³/mol. The summed E-state index contributed by atoms with van der Waals surface area (Å²) in [5, 5.41) is 2.74. The van der Waals surface area contributed by atoms with Gasteiger partial charge in [0.2, 0.25) is 11.9 Å². The maximum atomic E-state index is 13.8. The molecule has 0 aliphatic carbocycles. The van der Waals surface area contributed by atoms with Crippen molar-refractivity contribution >= 4 is 12.0 Å². The van der Waals surface area contributed by atoms with Gasteiger partial charge in [-0.1, -0.05) is 30.3 Å². The first-order valence-electron chi connectivity index (χ1n) is 9.40. The minimum atomic E-state index is -0.673. The van der Waals surface area contributed by atoms with Crippen LogP contribution in [-0.2, 0) is 16.1 Å². The fourth-order valence-corrected chi connectivity index (χ4v) is 3.20. The molecule has 6 nitrogen and oxygen atoms in total. The zero-order valence-electron chi connectivity index (χ0n) is 15.9. The Bertz CT molecular complexity index is 823. The molecule has 1 unspecified atom stereocenters. The van der Waals surface area contributed by atoms with Crippen LogP contribution in [0.1, 0.15) is 35.4 Å². The van der Waals surface area contributed by atoms with Crippen LogP contribution < -0.4 is 5.32 Å². The standard InChI is InChI=1S/C21H24FN3O3/c1-15-11-17(19(22)23-12-15)13-24-20(26)18(16-7-3-2-4-8-16)14-28-21(27)25-9-5-6-10-25/h2-4,7-8,11-12,18H,5-6,9-10,13-14H2,1H3,(H,24,26). The number of hydrogen-bond acceptors (Lipinski definition) is 4. The van der Waals surface area contributed by atoms with Crippen LogP contribution in [0.5, 0.6) is 0 Å². The van der Waals surface area contributed by atoms with Crippen LogP contribution in [0.15, 0.2) is 42.6 Å². The summed E-state index contributed by atoms with van der Waals surface area (Å²) < 4.78 is 19.2. The summed E-state index contributed by atoms with van der Waals surface area (Å²) in [5.41, 5.74) is 1.86. The Morgan fingerprint density at radius 2 is 1.96 bits per heavy atom. The SMILES string of the molecule is Cc1cnc(F)c(CNC(=O)C(COC(=O)N2CCCC2)c2ccccc2)c1. The molecule has 3 rings (SSSR count). The Labute approximate surface area is 163 Å². The summed E-state index contributed by atoms with van der Waals surface area (Å²) in [5.74, 6) is -1.61. The number of carbonyl (C=O) groups is 2. The van der Waals surface area contributed by atoms with E-state index >= 15 is 0 Å². The van der Waals surface area contributed by atoms with Crippen LogP contribution in [-0.4, -0.2) is 41.6 Å². The maximum Gasteiger partial charge on any atom is 0.409 e.